The van der Waals surface area contributed by atoms with Crippen molar-refractivity contribution < 1.29 is 10.0 Å². The molecule has 0 unspecified atom stereocenters. The molecule has 6 heteroatoms. The van der Waals surface area contributed by atoms with Crippen molar-refractivity contribution in [2.75, 3.05) is 0 Å². The van der Waals surface area contributed by atoms with Crippen LogP contribution >= 0.6 is 0 Å². The van der Waals surface area contributed by atoms with Gasteiger partial charge in [-0.15, -0.1) is 0 Å². The van der Waals surface area contributed by atoms with E-state index < -0.39 is 4.92 Å². The summed E-state index contributed by atoms with van der Waals surface area (Å²) in [5.41, 5.74) is 4.45. The van der Waals surface area contributed by atoms with Crippen molar-refractivity contribution in [2.24, 2.45) is 0 Å². The first-order valence-corrected chi connectivity index (χ1v) is 8.25. The SMILES string of the molecule is Cc1cc(C=C(C#N)c2cccc([N+](=O)[O-])c2)c(C)n1-c1ccc(O)cc1. The van der Waals surface area contributed by atoms with E-state index in [0.29, 0.717) is 11.1 Å². The number of nitro benzene ring substituents is 1. The Morgan fingerprint density at radius 3 is 2.52 bits per heavy atom. The van der Waals surface area contributed by atoms with Gasteiger partial charge in [-0.2, -0.15) is 5.26 Å². The molecule has 0 fully saturated rings. The highest BCUT2D eigenvalue weighted by Crippen LogP contribution is 2.27. The molecule has 0 amide bonds. The van der Waals surface area contributed by atoms with Crippen LogP contribution in [-0.4, -0.2) is 14.6 Å². The van der Waals surface area contributed by atoms with Gasteiger partial charge in [-0.3, -0.25) is 10.1 Å². The summed E-state index contributed by atoms with van der Waals surface area (Å²) in [5.74, 6) is 0.193. The van der Waals surface area contributed by atoms with E-state index in [2.05, 4.69) is 6.07 Å². The Labute approximate surface area is 156 Å². The first-order valence-electron chi connectivity index (χ1n) is 8.25. The summed E-state index contributed by atoms with van der Waals surface area (Å²) in [6.45, 7) is 3.89. The van der Waals surface area contributed by atoms with Gasteiger partial charge in [-0.05, 0) is 61.4 Å². The van der Waals surface area contributed by atoms with Crippen LogP contribution in [0.4, 0.5) is 5.69 Å². The van der Waals surface area contributed by atoms with Crippen molar-refractivity contribution in [1.82, 2.24) is 4.57 Å². The molecule has 0 saturated carbocycles. The smallest absolute Gasteiger partial charge is 0.270 e. The summed E-state index contributed by atoms with van der Waals surface area (Å²) in [6.07, 6.45) is 1.73. The Balaban J connectivity index is 2.07. The summed E-state index contributed by atoms with van der Waals surface area (Å²) in [6, 6.07) is 17.0. The molecule has 1 aromatic heterocycles. The molecule has 134 valence electrons. The van der Waals surface area contributed by atoms with Gasteiger partial charge in [0.2, 0.25) is 0 Å². The standard InChI is InChI=1S/C21H17N3O3/c1-14-10-17(15(2)23(14)19-6-8-21(25)9-7-19)11-18(13-22)16-4-3-5-20(12-16)24(26)27/h3-12,25H,1-2H3. The number of non-ortho nitro benzene ring substituents is 1. The van der Waals surface area contributed by atoms with E-state index in [4.69, 9.17) is 0 Å². The number of hydrogen-bond acceptors (Lipinski definition) is 4. The zero-order valence-corrected chi connectivity index (χ0v) is 14.9. The van der Waals surface area contributed by atoms with Gasteiger partial charge < -0.3 is 9.67 Å². The van der Waals surface area contributed by atoms with Gasteiger partial charge in [0.25, 0.3) is 5.69 Å². The second-order valence-electron chi connectivity index (χ2n) is 6.16. The van der Waals surface area contributed by atoms with Gasteiger partial charge in [0.15, 0.2) is 0 Å². The molecule has 3 rings (SSSR count). The third-order valence-corrected chi connectivity index (χ3v) is 4.37. The number of rotatable bonds is 4. The summed E-state index contributed by atoms with van der Waals surface area (Å²) >= 11 is 0. The minimum Gasteiger partial charge on any atom is -0.508 e. The Morgan fingerprint density at radius 2 is 1.89 bits per heavy atom. The summed E-state index contributed by atoms with van der Waals surface area (Å²) in [4.78, 5) is 10.5. The van der Waals surface area contributed by atoms with Crippen molar-refractivity contribution >= 4 is 17.3 Å². The lowest BCUT2D eigenvalue weighted by molar-refractivity contribution is -0.384. The molecule has 0 aliphatic rings. The molecular formula is C21H17N3O3. The highest BCUT2D eigenvalue weighted by atomic mass is 16.6. The van der Waals surface area contributed by atoms with Crippen LogP contribution < -0.4 is 0 Å². The zero-order valence-electron chi connectivity index (χ0n) is 14.9. The van der Waals surface area contributed by atoms with Gasteiger partial charge in [-0.25, -0.2) is 0 Å². The molecule has 0 bridgehead atoms. The number of nitro groups is 1. The topological polar surface area (TPSA) is 92.1 Å². The number of nitriles is 1. The molecule has 1 N–H and O–H groups in total. The number of phenols is 1. The van der Waals surface area contributed by atoms with Gasteiger partial charge >= 0.3 is 0 Å². The first-order chi connectivity index (χ1) is 12.9. The fourth-order valence-electron chi connectivity index (χ4n) is 3.06. The summed E-state index contributed by atoms with van der Waals surface area (Å²) < 4.78 is 2.02. The predicted octanol–water partition coefficient (Wildman–Crippen LogP) is 4.77. The van der Waals surface area contributed by atoms with Crippen molar-refractivity contribution in [1.29, 1.82) is 5.26 Å². The van der Waals surface area contributed by atoms with Crippen LogP contribution in [0, 0.1) is 35.3 Å². The highest BCUT2D eigenvalue weighted by molar-refractivity contribution is 5.90. The maximum atomic E-state index is 11.0. The van der Waals surface area contributed by atoms with E-state index in [1.807, 2.05) is 36.6 Å². The molecule has 3 aromatic rings. The highest BCUT2D eigenvalue weighted by Gasteiger charge is 2.13. The number of hydrogen-bond donors (Lipinski definition) is 1. The Kier molecular flexibility index (Phi) is 4.77. The first kappa shape index (κ1) is 18.0. The van der Waals surface area contributed by atoms with E-state index in [1.54, 1.807) is 30.3 Å². The van der Waals surface area contributed by atoms with Crippen molar-refractivity contribution in [2.45, 2.75) is 13.8 Å². The maximum Gasteiger partial charge on any atom is 0.270 e. The summed E-state index contributed by atoms with van der Waals surface area (Å²) in [5, 5.41) is 30.0. The van der Waals surface area contributed by atoms with Crippen LogP contribution in [0.25, 0.3) is 17.3 Å². The minimum absolute atomic E-state index is 0.0526. The molecule has 6 nitrogen and oxygen atoms in total. The van der Waals surface area contributed by atoms with Crippen molar-refractivity contribution in [3.63, 3.8) is 0 Å². The van der Waals surface area contributed by atoms with E-state index in [9.17, 15) is 20.5 Å². The van der Waals surface area contributed by atoms with E-state index >= 15 is 0 Å². The number of nitrogens with zero attached hydrogens (tertiary/aromatic N) is 3. The average Bonchev–Trinajstić information content (AvgIpc) is 2.94. The lowest BCUT2D eigenvalue weighted by atomic mass is 10.0. The quantitative estimate of drug-likeness (QED) is 0.412. The third kappa shape index (κ3) is 3.58. The molecule has 1 heterocycles. The van der Waals surface area contributed by atoms with E-state index in [0.717, 1.165) is 22.6 Å². The maximum absolute atomic E-state index is 11.0. The van der Waals surface area contributed by atoms with Crippen LogP contribution in [0.3, 0.4) is 0 Å². The molecular weight excluding hydrogens is 342 g/mol. The number of benzene rings is 2. The van der Waals surface area contributed by atoms with Crippen molar-refractivity contribution in [3.8, 4) is 17.5 Å². The van der Waals surface area contributed by atoms with E-state index in [-0.39, 0.29) is 11.4 Å². The van der Waals surface area contributed by atoms with Gasteiger partial charge in [-0.1, -0.05) is 12.1 Å². The number of allylic oxidation sites excluding steroid dienone is 1. The normalized spacial score (nSPS) is 11.2. The largest absolute Gasteiger partial charge is 0.508 e. The van der Waals surface area contributed by atoms with E-state index in [1.165, 1.54) is 12.1 Å². The molecule has 27 heavy (non-hydrogen) atoms. The number of aromatic nitrogens is 1. The minimum atomic E-state index is -0.477. The molecule has 2 aromatic carbocycles. The molecule has 0 radical (unpaired) electrons. The van der Waals surface area contributed by atoms with Crippen molar-refractivity contribution in [3.05, 3.63) is 87.2 Å². The lowest BCUT2D eigenvalue weighted by Crippen LogP contribution is -1.98. The summed E-state index contributed by atoms with van der Waals surface area (Å²) in [7, 11) is 0. The van der Waals surface area contributed by atoms with Crippen LogP contribution in [0.2, 0.25) is 0 Å². The Hall–Kier alpha value is -3.85. The average molecular weight is 359 g/mol. The van der Waals surface area contributed by atoms with Gasteiger partial charge in [0, 0.05) is 29.2 Å². The number of aromatic hydroxyl groups is 1. The number of phenolic OH excluding ortho intramolecular Hbond substituents is 1. The molecule has 0 saturated heterocycles. The van der Waals surface area contributed by atoms with Crippen LogP contribution in [0.15, 0.2) is 54.6 Å². The Bertz CT molecular complexity index is 1090. The molecule has 0 aliphatic heterocycles. The zero-order chi connectivity index (χ0) is 19.6. The second kappa shape index (κ2) is 7.18. The Morgan fingerprint density at radius 1 is 1.19 bits per heavy atom. The third-order valence-electron chi connectivity index (χ3n) is 4.37. The molecule has 0 aliphatic carbocycles. The number of aryl methyl sites for hydroxylation is 1. The second-order valence-corrected chi connectivity index (χ2v) is 6.16. The fourth-order valence-corrected chi connectivity index (χ4v) is 3.06. The van der Waals surface area contributed by atoms with Crippen LogP contribution in [0.5, 0.6) is 5.75 Å². The van der Waals surface area contributed by atoms with Gasteiger partial charge in [0.1, 0.15) is 5.75 Å². The fraction of sp³-hybridized carbons (Fsp3) is 0.0952. The van der Waals surface area contributed by atoms with Crippen LogP contribution in [0.1, 0.15) is 22.5 Å². The molecule has 0 atom stereocenters. The molecule has 0 spiro atoms. The van der Waals surface area contributed by atoms with Gasteiger partial charge in [0.05, 0.1) is 16.6 Å². The lowest BCUT2D eigenvalue weighted by Gasteiger charge is -2.09. The monoisotopic (exact) mass is 359 g/mol. The predicted molar refractivity (Wildman–Crippen MR) is 103 cm³/mol. The van der Waals surface area contributed by atoms with Crippen LogP contribution in [-0.2, 0) is 0 Å².